The third-order valence-corrected chi connectivity index (χ3v) is 3.82. The number of nitrogens with one attached hydrogen (secondary N) is 1. The van der Waals surface area contributed by atoms with Gasteiger partial charge in [0.25, 0.3) is 5.91 Å². The van der Waals surface area contributed by atoms with Crippen molar-refractivity contribution in [2.75, 3.05) is 5.32 Å². The Morgan fingerprint density at radius 2 is 1.96 bits per heavy atom. The first kappa shape index (κ1) is 15.7. The quantitative estimate of drug-likeness (QED) is 0.884. The Kier molecular flexibility index (Phi) is 3.93. The molecule has 7 heteroatoms. The molecule has 0 bridgehead atoms. The van der Waals surface area contributed by atoms with E-state index in [2.05, 4.69) is 5.32 Å². The van der Waals surface area contributed by atoms with Crippen LogP contribution in [0.25, 0.3) is 0 Å². The fraction of sp³-hybridized carbons (Fsp3) is 0.188. The van der Waals surface area contributed by atoms with Crippen molar-refractivity contribution in [1.29, 1.82) is 0 Å². The number of carbonyl (C=O) groups excluding carboxylic acids is 1. The molecule has 1 N–H and O–H groups in total. The molecular formula is C16H11ClF3NO2. The summed E-state index contributed by atoms with van der Waals surface area (Å²) >= 11 is 5.86. The highest BCUT2D eigenvalue weighted by Crippen LogP contribution is 2.34. The van der Waals surface area contributed by atoms with Crippen LogP contribution in [0.1, 0.15) is 11.1 Å². The summed E-state index contributed by atoms with van der Waals surface area (Å²) in [6, 6.07) is 9.95. The van der Waals surface area contributed by atoms with Gasteiger partial charge in [-0.05, 0) is 29.8 Å². The molecule has 3 rings (SSSR count). The average molecular weight is 342 g/mol. The van der Waals surface area contributed by atoms with Gasteiger partial charge in [-0.15, -0.1) is 0 Å². The number of ether oxygens (including phenoxy) is 1. The Bertz CT molecular complexity index is 736. The molecule has 2 aromatic rings. The van der Waals surface area contributed by atoms with Crippen molar-refractivity contribution in [3.8, 4) is 5.75 Å². The molecule has 2 aromatic carbocycles. The first-order chi connectivity index (χ1) is 10.8. The molecule has 0 aromatic heterocycles. The lowest BCUT2D eigenvalue weighted by Crippen LogP contribution is -2.31. The van der Waals surface area contributed by atoms with Crippen molar-refractivity contribution in [2.24, 2.45) is 0 Å². The van der Waals surface area contributed by atoms with E-state index in [9.17, 15) is 18.0 Å². The van der Waals surface area contributed by atoms with E-state index >= 15 is 0 Å². The third-order valence-electron chi connectivity index (χ3n) is 3.49. The maximum atomic E-state index is 12.7. The standard InChI is InChI=1S/C16H11ClF3NO2/c17-11-6-5-10(16(18,19)20)8-12(11)21-15(22)14-7-9-3-1-2-4-13(9)23-14/h1-6,8,14H,7H2,(H,21,22). The summed E-state index contributed by atoms with van der Waals surface area (Å²) in [6.45, 7) is 0. The van der Waals surface area contributed by atoms with Gasteiger partial charge in [-0.25, -0.2) is 0 Å². The molecule has 120 valence electrons. The molecule has 23 heavy (non-hydrogen) atoms. The van der Waals surface area contributed by atoms with E-state index in [0.29, 0.717) is 12.2 Å². The lowest BCUT2D eigenvalue weighted by molar-refractivity contribution is -0.137. The Balaban J connectivity index is 1.77. The lowest BCUT2D eigenvalue weighted by atomic mass is 10.1. The summed E-state index contributed by atoms with van der Waals surface area (Å²) in [6.07, 6.45) is -4.94. The molecule has 1 unspecified atom stereocenters. The number of alkyl halides is 3. The number of amides is 1. The predicted molar refractivity (Wildman–Crippen MR) is 79.6 cm³/mol. The van der Waals surface area contributed by atoms with Crippen LogP contribution in [-0.2, 0) is 17.4 Å². The van der Waals surface area contributed by atoms with Crippen LogP contribution in [0, 0.1) is 0 Å². The fourth-order valence-electron chi connectivity index (χ4n) is 2.34. The van der Waals surface area contributed by atoms with Gasteiger partial charge in [0.2, 0.25) is 0 Å². The van der Waals surface area contributed by atoms with E-state index in [0.717, 1.165) is 23.8 Å². The highest BCUT2D eigenvalue weighted by Gasteiger charge is 2.32. The van der Waals surface area contributed by atoms with Gasteiger partial charge in [0, 0.05) is 6.42 Å². The van der Waals surface area contributed by atoms with E-state index in [4.69, 9.17) is 16.3 Å². The number of hydrogen-bond donors (Lipinski definition) is 1. The summed E-state index contributed by atoms with van der Waals surface area (Å²) in [7, 11) is 0. The predicted octanol–water partition coefficient (Wildman–Crippen LogP) is 4.30. The Morgan fingerprint density at radius 1 is 1.22 bits per heavy atom. The number of para-hydroxylation sites is 1. The van der Waals surface area contributed by atoms with Crippen molar-refractivity contribution < 1.29 is 22.7 Å². The van der Waals surface area contributed by atoms with Crippen LogP contribution < -0.4 is 10.1 Å². The molecular weight excluding hydrogens is 331 g/mol. The smallest absolute Gasteiger partial charge is 0.416 e. The minimum atomic E-state index is -4.51. The normalized spacial score (nSPS) is 16.6. The molecule has 1 atom stereocenters. The minimum absolute atomic E-state index is 0.0295. The summed E-state index contributed by atoms with van der Waals surface area (Å²) in [5, 5.41) is 2.43. The summed E-state index contributed by atoms with van der Waals surface area (Å²) in [4.78, 5) is 12.2. The van der Waals surface area contributed by atoms with E-state index < -0.39 is 23.8 Å². The van der Waals surface area contributed by atoms with Gasteiger partial charge < -0.3 is 10.1 Å². The maximum Gasteiger partial charge on any atom is 0.416 e. The molecule has 0 aliphatic carbocycles. The van der Waals surface area contributed by atoms with Crippen LogP contribution in [-0.4, -0.2) is 12.0 Å². The molecule has 3 nitrogen and oxygen atoms in total. The van der Waals surface area contributed by atoms with Gasteiger partial charge >= 0.3 is 6.18 Å². The van der Waals surface area contributed by atoms with Gasteiger partial charge in [-0.1, -0.05) is 29.8 Å². The van der Waals surface area contributed by atoms with E-state index in [1.807, 2.05) is 12.1 Å². The molecule has 1 amide bonds. The number of rotatable bonds is 2. The number of benzene rings is 2. The van der Waals surface area contributed by atoms with Crippen LogP contribution in [0.5, 0.6) is 5.75 Å². The van der Waals surface area contributed by atoms with Crippen molar-refractivity contribution in [3.05, 3.63) is 58.6 Å². The topological polar surface area (TPSA) is 38.3 Å². The van der Waals surface area contributed by atoms with Crippen molar-refractivity contribution in [2.45, 2.75) is 18.7 Å². The molecule has 0 fully saturated rings. The molecule has 0 saturated heterocycles. The van der Waals surface area contributed by atoms with Crippen LogP contribution in [0.4, 0.5) is 18.9 Å². The second kappa shape index (κ2) is 5.77. The lowest BCUT2D eigenvalue weighted by Gasteiger charge is -2.14. The second-order valence-electron chi connectivity index (χ2n) is 5.10. The van der Waals surface area contributed by atoms with Gasteiger partial charge in [0.1, 0.15) is 5.75 Å². The number of halogens is 4. The van der Waals surface area contributed by atoms with Gasteiger partial charge in [-0.3, -0.25) is 4.79 Å². The number of hydrogen-bond acceptors (Lipinski definition) is 2. The Morgan fingerprint density at radius 3 is 2.65 bits per heavy atom. The molecule has 0 spiro atoms. The SMILES string of the molecule is O=C(Nc1cc(C(F)(F)F)ccc1Cl)C1Cc2ccccc2O1. The minimum Gasteiger partial charge on any atom is -0.480 e. The van der Waals surface area contributed by atoms with Crippen molar-refractivity contribution in [3.63, 3.8) is 0 Å². The van der Waals surface area contributed by atoms with Crippen LogP contribution in [0.3, 0.4) is 0 Å². The Hall–Kier alpha value is -2.21. The number of carbonyl (C=O) groups is 1. The van der Waals surface area contributed by atoms with Crippen molar-refractivity contribution in [1.82, 2.24) is 0 Å². The third kappa shape index (κ3) is 3.27. The summed E-state index contributed by atoms with van der Waals surface area (Å²) in [5.41, 5.74) is -0.0957. The molecule has 0 radical (unpaired) electrons. The monoisotopic (exact) mass is 341 g/mol. The van der Waals surface area contributed by atoms with Crippen LogP contribution in [0.15, 0.2) is 42.5 Å². The largest absolute Gasteiger partial charge is 0.480 e. The zero-order valence-electron chi connectivity index (χ0n) is 11.7. The van der Waals surface area contributed by atoms with Gasteiger partial charge in [-0.2, -0.15) is 13.2 Å². The summed E-state index contributed by atoms with van der Waals surface area (Å²) in [5.74, 6) is 0.0604. The fourth-order valence-corrected chi connectivity index (χ4v) is 2.50. The summed E-state index contributed by atoms with van der Waals surface area (Å²) < 4.78 is 43.7. The van der Waals surface area contributed by atoms with E-state index in [-0.39, 0.29) is 10.7 Å². The highest BCUT2D eigenvalue weighted by atomic mass is 35.5. The van der Waals surface area contributed by atoms with Crippen LogP contribution in [0.2, 0.25) is 5.02 Å². The average Bonchev–Trinajstić information content (AvgIpc) is 2.92. The molecule has 0 saturated carbocycles. The zero-order valence-corrected chi connectivity index (χ0v) is 12.4. The number of anilines is 1. The van der Waals surface area contributed by atoms with E-state index in [1.54, 1.807) is 12.1 Å². The van der Waals surface area contributed by atoms with Crippen molar-refractivity contribution >= 4 is 23.2 Å². The Labute approximate surface area is 135 Å². The van der Waals surface area contributed by atoms with E-state index in [1.165, 1.54) is 0 Å². The first-order valence-corrected chi connectivity index (χ1v) is 7.14. The second-order valence-corrected chi connectivity index (χ2v) is 5.51. The molecule has 1 aliphatic rings. The van der Waals surface area contributed by atoms with Gasteiger partial charge in [0.05, 0.1) is 16.3 Å². The molecule has 1 aliphatic heterocycles. The maximum absolute atomic E-state index is 12.7. The van der Waals surface area contributed by atoms with Crippen LogP contribution >= 0.6 is 11.6 Å². The number of fused-ring (bicyclic) bond motifs is 1. The first-order valence-electron chi connectivity index (χ1n) is 6.77. The molecule has 1 heterocycles. The van der Waals surface area contributed by atoms with Gasteiger partial charge in [0.15, 0.2) is 6.10 Å². The zero-order chi connectivity index (χ0) is 16.6. The highest BCUT2D eigenvalue weighted by molar-refractivity contribution is 6.33.